The number of ether oxygens (including phenoxy) is 1. The fourth-order valence-electron chi connectivity index (χ4n) is 2.39. The first-order chi connectivity index (χ1) is 8.79. The summed E-state index contributed by atoms with van der Waals surface area (Å²) >= 11 is 0. The Hall–Kier alpha value is -1.35. The van der Waals surface area contributed by atoms with E-state index in [1.54, 1.807) is 7.11 Å². The minimum absolute atomic E-state index is 0.219. The molecule has 3 heteroatoms. The van der Waals surface area contributed by atoms with Gasteiger partial charge in [-0.15, -0.1) is 0 Å². The third-order valence-corrected chi connectivity index (χ3v) is 3.51. The highest BCUT2D eigenvalue weighted by Gasteiger charge is 2.16. The molecule has 0 bridgehead atoms. The van der Waals surface area contributed by atoms with Gasteiger partial charge in [0.1, 0.15) is 5.75 Å². The Morgan fingerprint density at radius 2 is 2.06 bits per heavy atom. The maximum atomic E-state index is 12.1. The molecule has 1 saturated heterocycles. The van der Waals surface area contributed by atoms with Gasteiger partial charge in [0, 0.05) is 18.0 Å². The number of Topliss-reactive ketones (excluding diaryl/α,β-unsaturated/α-hetero) is 1. The summed E-state index contributed by atoms with van der Waals surface area (Å²) in [6.07, 6.45) is 5.45. The number of methoxy groups -OCH3 is 1. The smallest absolute Gasteiger partial charge is 0.164 e. The molecule has 1 aliphatic rings. The molecule has 0 aliphatic carbocycles. The van der Waals surface area contributed by atoms with E-state index in [-0.39, 0.29) is 5.78 Å². The topological polar surface area (TPSA) is 38.3 Å². The van der Waals surface area contributed by atoms with Crippen molar-refractivity contribution in [2.75, 3.05) is 13.7 Å². The lowest BCUT2D eigenvalue weighted by molar-refractivity contribution is 0.0968. The normalized spacial score (nSPS) is 20.2. The van der Waals surface area contributed by atoms with Gasteiger partial charge >= 0.3 is 0 Å². The van der Waals surface area contributed by atoms with Crippen LogP contribution in [-0.4, -0.2) is 25.5 Å². The predicted octanol–water partition coefficient (Wildman–Crippen LogP) is 2.80. The fraction of sp³-hybridized carbons (Fsp3) is 0.533. The van der Waals surface area contributed by atoms with Crippen LogP contribution >= 0.6 is 0 Å². The molecule has 18 heavy (non-hydrogen) atoms. The molecule has 1 aromatic carbocycles. The Morgan fingerprint density at radius 1 is 1.28 bits per heavy atom. The molecule has 98 valence electrons. The van der Waals surface area contributed by atoms with Gasteiger partial charge in [-0.1, -0.05) is 12.8 Å². The molecule has 1 unspecified atom stereocenters. The van der Waals surface area contributed by atoms with Gasteiger partial charge in [0.25, 0.3) is 0 Å². The van der Waals surface area contributed by atoms with Gasteiger partial charge in [0.15, 0.2) is 5.78 Å². The molecule has 0 radical (unpaired) electrons. The molecule has 1 aromatic rings. The second kappa shape index (κ2) is 6.55. The van der Waals surface area contributed by atoms with Crippen molar-refractivity contribution < 1.29 is 9.53 Å². The fourth-order valence-corrected chi connectivity index (χ4v) is 2.39. The minimum Gasteiger partial charge on any atom is -0.497 e. The first-order valence-electron chi connectivity index (χ1n) is 6.70. The number of ketones is 1. The van der Waals surface area contributed by atoms with E-state index in [2.05, 4.69) is 5.32 Å². The third kappa shape index (κ3) is 3.57. The first kappa shape index (κ1) is 13.1. The second-order valence-electron chi connectivity index (χ2n) is 4.86. The summed E-state index contributed by atoms with van der Waals surface area (Å²) in [7, 11) is 1.63. The highest BCUT2D eigenvalue weighted by Crippen LogP contribution is 2.16. The average molecular weight is 247 g/mol. The number of carbonyl (C=O) groups is 1. The maximum absolute atomic E-state index is 12.1. The molecule has 2 rings (SSSR count). The summed E-state index contributed by atoms with van der Waals surface area (Å²) in [5.41, 5.74) is 0.779. The van der Waals surface area contributed by atoms with Crippen LogP contribution in [0.2, 0.25) is 0 Å². The van der Waals surface area contributed by atoms with Gasteiger partial charge < -0.3 is 10.1 Å². The Bertz CT molecular complexity index is 378. The van der Waals surface area contributed by atoms with Crippen LogP contribution in [0.25, 0.3) is 0 Å². The zero-order valence-electron chi connectivity index (χ0n) is 10.9. The van der Waals surface area contributed by atoms with E-state index in [1.165, 1.54) is 19.3 Å². The summed E-state index contributed by atoms with van der Waals surface area (Å²) in [6.45, 7) is 1.04. The molecule has 1 heterocycles. The van der Waals surface area contributed by atoms with Crippen molar-refractivity contribution in [1.29, 1.82) is 0 Å². The Balaban J connectivity index is 1.93. The van der Waals surface area contributed by atoms with Crippen LogP contribution in [0.5, 0.6) is 5.75 Å². The van der Waals surface area contributed by atoms with Crippen molar-refractivity contribution in [3.8, 4) is 5.75 Å². The molecule has 3 nitrogen and oxygen atoms in total. The predicted molar refractivity (Wildman–Crippen MR) is 72.2 cm³/mol. The highest BCUT2D eigenvalue weighted by atomic mass is 16.5. The Kier molecular flexibility index (Phi) is 4.76. The summed E-state index contributed by atoms with van der Waals surface area (Å²) in [4.78, 5) is 12.1. The van der Waals surface area contributed by atoms with Crippen LogP contribution in [0.3, 0.4) is 0 Å². The molecule has 1 N–H and O–H groups in total. The number of benzene rings is 1. The van der Waals surface area contributed by atoms with Crippen LogP contribution in [0, 0.1) is 0 Å². The van der Waals surface area contributed by atoms with E-state index >= 15 is 0 Å². The Morgan fingerprint density at radius 3 is 2.78 bits per heavy atom. The number of rotatable bonds is 4. The largest absolute Gasteiger partial charge is 0.497 e. The van der Waals surface area contributed by atoms with Gasteiger partial charge in [-0.2, -0.15) is 0 Å². The van der Waals surface area contributed by atoms with Crippen molar-refractivity contribution in [2.24, 2.45) is 0 Å². The minimum atomic E-state index is 0.219. The zero-order valence-corrected chi connectivity index (χ0v) is 10.9. The quantitative estimate of drug-likeness (QED) is 0.831. The van der Waals surface area contributed by atoms with Crippen molar-refractivity contribution in [3.05, 3.63) is 29.8 Å². The molecule has 1 fully saturated rings. The molecular weight excluding hydrogens is 226 g/mol. The number of hydrogen-bond acceptors (Lipinski definition) is 3. The van der Waals surface area contributed by atoms with Gasteiger partial charge in [-0.05, 0) is 43.7 Å². The first-order valence-corrected chi connectivity index (χ1v) is 6.70. The molecule has 0 aromatic heterocycles. The lowest BCUT2D eigenvalue weighted by Crippen LogP contribution is -2.30. The van der Waals surface area contributed by atoms with Crippen LogP contribution in [0.15, 0.2) is 24.3 Å². The molecule has 1 atom stereocenters. The SMILES string of the molecule is COc1ccc(C(=O)CC2CCCCCN2)cc1. The van der Waals surface area contributed by atoms with E-state index in [4.69, 9.17) is 4.74 Å². The molecule has 0 spiro atoms. The molecular formula is C15H21NO2. The van der Waals surface area contributed by atoms with Gasteiger partial charge in [0.05, 0.1) is 7.11 Å². The summed E-state index contributed by atoms with van der Waals surface area (Å²) in [5, 5.41) is 3.46. The van der Waals surface area contributed by atoms with E-state index in [1.807, 2.05) is 24.3 Å². The van der Waals surface area contributed by atoms with Crippen molar-refractivity contribution in [2.45, 2.75) is 38.1 Å². The number of hydrogen-bond donors (Lipinski definition) is 1. The van der Waals surface area contributed by atoms with E-state index in [9.17, 15) is 4.79 Å². The molecule has 0 saturated carbocycles. The molecule has 1 aliphatic heterocycles. The van der Waals surface area contributed by atoms with Gasteiger partial charge in [-0.25, -0.2) is 0 Å². The monoisotopic (exact) mass is 247 g/mol. The summed E-state index contributed by atoms with van der Waals surface area (Å²) < 4.78 is 5.09. The van der Waals surface area contributed by atoms with Crippen LogP contribution in [0.4, 0.5) is 0 Å². The van der Waals surface area contributed by atoms with Crippen LogP contribution < -0.4 is 10.1 Å². The number of carbonyl (C=O) groups excluding carboxylic acids is 1. The van der Waals surface area contributed by atoms with Gasteiger partial charge in [-0.3, -0.25) is 4.79 Å². The molecule has 0 amide bonds. The number of nitrogens with one attached hydrogen (secondary N) is 1. The van der Waals surface area contributed by atoms with E-state index < -0.39 is 0 Å². The van der Waals surface area contributed by atoms with Crippen molar-refractivity contribution in [1.82, 2.24) is 5.32 Å². The highest BCUT2D eigenvalue weighted by molar-refractivity contribution is 5.96. The zero-order chi connectivity index (χ0) is 12.8. The second-order valence-corrected chi connectivity index (χ2v) is 4.86. The summed E-state index contributed by atoms with van der Waals surface area (Å²) in [6, 6.07) is 7.72. The van der Waals surface area contributed by atoms with Crippen molar-refractivity contribution >= 4 is 5.78 Å². The van der Waals surface area contributed by atoms with Crippen molar-refractivity contribution in [3.63, 3.8) is 0 Å². The standard InChI is InChI=1S/C15H21NO2/c1-18-14-8-6-12(7-9-14)15(17)11-13-5-3-2-4-10-16-13/h6-9,13,16H,2-5,10-11H2,1H3. The van der Waals surface area contributed by atoms with E-state index in [0.717, 1.165) is 24.3 Å². The summed E-state index contributed by atoms with van der Waals surface area (Å²) in [5.74, 6) is 1.01. The van der Waals surface area contributed by atoms with Crippen LogP contribution in [-0.2, 0) is 0 Å². The lowest BCUT2D eigenvalue weighted by atomic mass is 10.0. The van der Waals surface area contributed by atoms with Gasteiger partial charge in [0.2, 0.25) is 0 Å². The third-order valence-electron chi connectivity index (χ3n) is 3.51. The lowest BCUT2D eigenvalue weighted by Gasteiger charge is -2.14. The van der Waals surface area contributed by atoms with Crippen LogP contribution in [0.1, 0.15) is 42.5 Å². The average Bonchev–Trinajstić information content (AvgIpc) is 2.67. The maximum Gasteiger partial charge on any atom is 0.164 e. The Labute approximate surface area is 109 Å². The van der Waals surface area contributed by atoms with E-state index in [0.29, 0.717) is 12.5 Å².